The van der Waals surface area contributed by atoms with Crippen LogP contribution in [0.15, 0.2) is 170 Å². The summed E-state index contributed by atoms with van der Waals surface area (Å²) in [6, 6.07) is 62.2. The maximum Gasteiger partial charge on any atom is 0.0543 e. The molecule has 8 aromatic carbocycles. The lowest BCUT2D eigenvalue weighted by Crippen LogP contribution is -1.95. The fraction of sp³-hybridized carbons (Fsp3) is 0.0435. The number of nitrogens with zero attached hydrogens (tertiary/aromatic N) is 1. The molecule has 1 nitrogen and oxygen atoms in total. The first kappa shape index (κ1) is 27.4. The van der Waals surface area contributed by atoms with Crippen molar-refractivity contribution in [2.24, 2.45) is 0 Å². The van der Waals surface area contributed by atoms with Crippen molar-refractivity contribution in [2.45, 2.75) is 13.3 Å². The Bertz CT molecular complexity index is 2570. The third-order valence-electron chi connectivity index (χ3n) is 9.77. The van der Waals surface area contributed by atoms with Crippen molar-refractivity contribution in [3.05, 3.63) is 175 Å². The van der Waals surface area contributed by atoms with Gasteiger partial charge in [-0.05, 0) is 97.2 Å². The number of rotatable bonds is 5. The van der Waals surface area contributed by atoms with Gasteiger partial charge in [0.25, 0.3) is 0 Å². The quantitative estimate of drug-likeness (QED) is 0.173. The van der Waals surface area contributed by atoms with Crippen LogP contribution in [0.5, 0.6) is 0 Å². The molecule has 0 saturated heterocycles. The van der Waals surface area contributed by atoms with Crippen LogP contribution in [0.1, 0.15) is 12.5 Å². The van der Waals surface area contributed by atoms with E-state index < -0.39 is 0 Å². The van der Waals surface area contributed by atoms with Crippen molar-refractivity contribution in [3.8, 4) is 39.1 Å². The minimum atomic E-state index is 1.01. The molecular weight excluding hydrogens is 567 g/mol. The van der Waals surface area contributed by atoms with Crippen LogP contribution in [0.2, 0.25) is 0 Å². The van der Waals surface area contributed by atoms with E-state index in [2.05, 4.69) is 181 Å². The zero-order valence-electron chi connectivity index (χ0n) is 26.3. The second kappa shape index (κ2) is 11.2. The fourth-order valence-corrected chi connectivity index (χ4v) is 7.66. The second-order valence-electron chi connectivity index (χ2n) is 12.4. The molecule has 9 rings (SSSR count). The lowest BCUT2D eigenvalue weighted by Gasteiger charge is -2.19. The minimum absolute atomic E-state index is 1.01. The van der Waals surface area contributed by atoms with Gasteiger partial charge in [-0.15, -0.1) is 0 Å². The van der Waals surface area contributed by atoms with Gasteiger partial charge in [-0.1, -0.05) is 146 Å². The van der Waals surface area contributed by atoms with E-state index in [9.17, 15) is 0 Å². The SMILES string of the molecule is CCc1cccc2c1c1ccccc1n2-c1ccc(-c2c3ccccc3c(-c3ccccc3)c3cc(-c4ccccc4)ccc23)cc1. The highest BCUT2D eigenvalue weighted by molar-refractivity contribution is 6.22. The third kappa shape index (κ3) is 4.39. The van der Waals surface area contributed by atoms with Gasteiger partial charge in [0, 0.05) is 16.5 Å². The first-order chi connectivity index (χ1) is 23.3. The molecule has 0 aliphatic carbocycles. The standard InChI is InChI=1S/C46H33N/c1-2-31-18-13-23-43-46(31)40-21-11-12-22-42(40)47(43)36-27-24-34(25-28-36)44-37-19-9-10-20-38(37)45(33-16-7-4-8-17-33)41-30-35(26-29-39(41)44)32-14-5-3-6-15-32/h3-30H,2H2,1H3. The number of hydrogen-bond acceptors (Lipinski definition) is 0. The average molecular weight is 600 g/mol. The molecule has 0 saturated carbocycles. The largest absolute Gasteiger partial charge is 0.309 e. The van der Waals surface area contributed by atoms with Gasteiger partial charge >= 0.3 is 0 Å². The molecule has 0 atom stereocenters. The zero-order chi connectivity index (χ0) is 31.3. The van der Waals surface area contributed by atoms with Crippen LogP contribution in [0.3, 0.4) is 0 Å². The van der Waals surface area contributed by atoms with Crippen molar-refractivity contribution in [3.63, 3.8) is 0 Å². The highest BCUT2D eigenvalue weighted by atomic mass is 15.0. The molecule has 47 heavy (non-hydrogen) atoms. The smallest absolute Gasteiger partial charge is 0.0543 e. The molecule has 0 N–H and O–H groups in total. The Morgan fingerprint density at radius 3 is 1.62 bits per heavy atom. The van der Waals surface area contributed by atoms with Crippen LogP contribution in [0.25, 0.3) is 82.4 Å². The summed E-state index contributed by atoms with van der Waals surface area (Å²) in [7, 11) is 0. The summed E-state index contributed by atoms with van der Waals surface area (Å²) in [5.41, 5.74) is 12.5. The molecule has 1 heterocycles. The normalized spacial score (nSPS) is 11.6. The Hall–Kier alpha value is -5.92. The van der Waals surface area contributed by atoms with Crippen LogP contribution < -0.4 is 0 Å². The summed E-state index contributed by atoms with van der Waals surface area (Å²) in [5.74, 6) is 0. The van der Waals surface area contributed by atoms with E-state index in [4.69, 9.17) is 0 Å². The first-order valence-electron chi connectivity index (χ1n) is 16.5. The van der Waals surface area contributed by atoms with E-state index in [1.165, 1.54) is 88.0 Å². The first-order valence-corrected chi connectivity index (χ1v) is 16.5. The molecule has 0 aliphatic heterocycles. The number of para-hydroxylation sites is 1. The number of aromatic nitrogens is 1. The summed E-state index contributed by atoms with van der Waals surface area (Å²) in [6.07, 6.45) is 1.01. The Morgan fingerprint density at radius 1 is 0.383 bits per heavy atom. The molecular formula is C46H33N. The van der Waals surface area contributed by atoms with Crippen molar-refractivity contribution in [1.29, 1.82) is 0 Å². The predicted molar refractivity (Wildman–Crippen MR) is 201 cm³/mol. The van der Waals surface area contributed by atoms with E-state index in [0.29, 0.717) is 0 Å². The van der Waals surface area contributed by atoms with Crippen molar-refractivity contribution >= 4 is 43.4 Å². The molecule has 0 aliphatic rings. The zero-order valence-corrected chi connectivity index (χ0v) is 26.3. The Balaban J connectivity index is 1.30. The molecule has 1 aromatic heterocycles. The molecule has 0 unspecified atom stereocenters. The molecule has 222 valence electrons. The highest BCUT2D eigenvalue weighted by Crippen LogP contribution is 2.45. The summed E-state index contributed by atoms with van der Waals surface area (Å²) >= 11 is 0. The van der Waals surface area contributed by atoms with Gasteiger partial charge in [0.2, 0.25) is 0 Å². The molecule has 0 fully saturated rings. The number of fused-ring (bicyclic) bond motifs is 5. The molecule has 0 spiro atoms. The van der Waals surface area contributed by atoms with Gasteiger partial charge in [0.1, 0.15) is 0 Å². The third-order valence-corrected chi connectivity index (χ3v) is 9.77. The fourth-order valence-electron chi connectivity index (χ4n) is 7.66. The summed E-state index contributed by atoms with van der Waals surface area (Å²) < 4.78 is 2.43. The van der Waals surface area contributed by atoms with Crippen molar-refractivity contribution in [1.82, 2.24) is 4.57 Å². The Labute approximate surface area is 275 Å². The summed E-state index contributed by atoms with van der Waals surface area (Å²) in [4.78, 5) is 0. The van der Waals surface area contributed by atoms with Crippen molar-refractivity contribution in [2.75, 3.05) is 0 Å². The van der Waals surface area contributed by atoms with Crippen LogP contribution >= 0.6 is 0 Å². The Morgan fingerprint density at radius 2 is 0.915 bits per heavy atom. The predicted octanol–water partition coefficient (Wildman–Crippen LogP) is 12.7. The maximum absolute atomic E-state index is 2.43. The van der Waals surface area contributed by atoms with E-state index in [-0.39, 0.29) is 0 Å². The van der Waals surface area contributed by atoms with Crippen LogP contribution in [-0.2, 0) is 6.42 Å². The van der Waals surface area contributed by atoms with Crippen LogP contribution in [-0.4, -0.2) is 4.57 Å². The maximum atomic E-state index is 2.43. The lowest BCUT2D eigenvalue weighted by molar-refractivity contribution is 1.15. The molecule has 9 aromatic rings. The number of benzene rings is 8. The monoisotopic (exact) mass is 599 g/mol. The van der Waals surface area contributed by atoms with E-state index >= 15 is 0 Å². The summed E-state index contributed by atoms with van der Waals surface area (Å²) in [5, 5.41) is 7.74. The minimum Gasteiger partial charge on any atom is -0.309 e. The van der Waals surface area contributed by atoms with Gasteiger partial charge in [0.15, 0.2) is 0 Å². The average Bonchev–Trinajstić information content (AvgIpc) is 3.49. The Kier molecular flexibility index (Phi) is 6.50. The molecule has 1 heteroatoms. The topological polar surface area (TPSA) is 4.93 Å². The number of hydrogen-bond donors (Lipinski definition) is 0. The van der Waals surface area contributed by atoms with Gasteiger partial charge in [0.05, 0.1) is 11.0 Å². The van der Waals surface area contributed by atoms with Crippen LogP contribution in [0, 0.1) is 0 Å². The summed E-state index contributed by atoms with van der Waals surface area (Å²) in [6.45, 7) is 2.25. The van der Waals surface area contributed by atoms with Gasteiger partial charge in [-0.25, -0.2) is 0 Å². The lowest BCUT2D eigenvalue weighted by atomic mass is 9.85. The highest BCUT2D eigenvalue weighted by Gasteiger charge is 2.19. The van der Waals surface area contributed by atoms with E-state index in [1.807, 2.05) is 0 Å². The van der Waals surface area contributed by atoms with E-state index in [1.54, 1.807) is 0 Å². The number of aryl methyl sites for hydroxylation is 1. The van der Waals surface area contributed by atoms with Gasteiger partial charge in [-0.3, -0.25) is 0 Å². The van der Waals surface area contributed by atoms with Gasteiger partial charge < -0.3 is 4.57 Å². The molecule has 0 bridgehead atoms. The van der Waals surface area contributed by atoms with Gasteiger partial charge in [-0.2, -0.15) is 0 Å². The second-order valence-corrected chi connectivity index (χ2v) is 12.4. The van der Waals surface area contributed by atoms with Crippen LogP contribution in [0.4, 0.5) is 0 Å². The van der Waals surface area contributed by atoms with Crippen molar-refractivity contribution < 1.29 is 0 Å². The molecule has 0 radical (unpaired) electrons. The van der Waals surface area contributed by atoms with E-state index in [0.717, 1.165) is 6.42 Å². The molecule has 0 amide bonds.